The summed E-state index contributed by atoms with van der Waals surface area (Å²) in [7, 11) is 0. The van der Waals surface area contributed by atoms with Crippen molar-refractivity contribution in [3.8, 4) is 5.75 Å². The molecule has 0 bridgehead atoms. The molecule has 1 aromatic rings. The minimum absolute atomic E-state index is 0.0323. The average Bonchev–Trinajstić information content (AvgIpc) is 2.48. The summed E-state index contributed by atoms with van der Waals surface area (Å²) in [6, 6.07) is 5.91. The number of hydrogen-bond donors (Lipinski definition) is 2. The van der Waals surface area contributed by atoms with E-state index in [0.29, 0.717) is 26.1 Å². The molecule has 5 nitrogen and oxygen atoms in total. The van der Waals surface area contributed by atoms with Gasteiger partial charge in [0.1, 0.15) is 0 Å². The van der Waals surface area contributed by atoms with E-state index in [0.717, 1.165) is 0 Å². The number of rotatable bonds is 5. The highest BCUT2D eigenvalue weighted by molar-refractivity contribution is 5.80. The summed E-state index contributed by atoms with van der Waals surface area (Å²) in [6.45, 7) is 2.64. The second-order valence-electron chi connectivity index (χ2n) is 5.25. The summed E-state index contributed by atoms with van der Waals surface area (Å²) in [5.74, 6) is -0.872. The minimum atomic E-state index is -0.939. The van der Waals surface area contributed by atoms with Crippen LogP contribution >= 0.6 is 0 Å². The Morgan fingerprint density at radius 3 is 2.81 bits per heavy atom. The van der Waals surface area contributed by atoms with Crippen LogP contribution in [0.3, 0.4) is 0 Å². The van der Waals surface area contributed by atoms with Crippen LogP contribution in [-0.4, -0.2) is 42.5 Å². The molecule has 1 aliphatic rings. The van der Waals surface area contributed by atoms with E-state index in [1.54, 1.807) is 12.1 Å². The Bertz CT molecular complexity index is 488. The summed E-state index contributed by atoms with van der Waals surface area (Å²) in [6.07, 6.45) is 0.122. The monoisotopic (exact) mass is 297 g/mol. The van der Waals surface area contributed by atoms with Crippen LogP contribution < -0.4 is 10.1 Å². The van der Waals surface area contributed by atoms with E-state index >= 15 is 0 Å². The summed E-state index contributed by atoms with van der Waals surface area (Å²) < 4.78 is 23.9. The molecule has 0 saturated carbocycles. The summed E-state index contributed by atoms with van der Waals surface area (Å²) >= 11 is 0. The Kier molecular flexibility index (Phi) is 5.14. The van der Waals surface area contributed by atoms with Gasteiger partial charge in [-0.15, -0.1) is 0 Å². The highest BCUT2D eigenvalue weighted by Crippen LogP contribution is 2.20. The van der Waals surface area contributed by atoms with Crippen molar-refractivity contribution in [3.63, 3.8) is 0 Å². The second kappa shape index (κ2) is 6.87. The Hall–Kier alpha value is -1.66. The molecule has 21 heavy (non-hydrogen) atoms. The van der Waals surface area contributed by atoms with Gasteiger partial charge in [0.2, 0.25) is 0 Å². The molecule has 1 atom stereocenters. The minimum Gasteiger partial charge on any atom is -0.478 e. The quantitative estimate of drug-likeness (QED) is 0.858. The number of para-hydroxylation sites is 1. The number of carbonyl (C=O) groups is 1. The summed E-state index contributed by atoms with van der Waals surface area (Å²) in [5.41, 5.74) is -0.939. The molecular formula is C15H20FNO4. The van der Waals surface area contributed by atoms with Gasteiger partial charge in [0.15, 0.2) is 17.7 Å². The molecule has 6 heteroatoms. The Balaban J connectivity index is 1.84. The largest absolute Gasteiger partial charge is 0.478 e. The van der Waals surface area contributed by atoms with Gasteiger partial charge in [-0.05, 0) is 19.1 Å². The fraction of sp³-hybridized carbons (Fsp3) is 0.533. The number of hydrogen-bond acceptors (Lipinski definition) is 4. The first kappa shape index (κ1) is 15.7. The van der Waals surface area contributed by atoms with E-state index in [2.05, 4.69) is 5.32 Å². The van der Waals surface area contributed by atoms with Crippen LogP contribution in [0.4, 0.5) is 4.39 Å². The standard InChI is InChI=1S/C15H20FNO4/c1-11(21-13-5-3-2-4-12(13)16)14(18)17-10-15(19)6-8-20-9-7-15/h2-5,11,19H,6-10H2,1H3,(H,17,18). The second-order valence-corrected chi connectivity index (χ2v) is 5.25. The molecule has 0 aromatic heterocycles. The molecule has 0 aliphatic carbocycles. The smallest absolute Gasteiger partial charge is 0.260 e. The van der Waals surface area contributed by atoms with Crippen LogP contribution in [0.1, 0.15) is 19.8 Å². The predicted molar refractivity (Wildman–Crippen MR) is 74.5 cm³/mol. The molecule has 0 spiro atoms. The van der Waals surface area contributed by atoms with E-state index in [1.807, 2.05) is 0 Å². The molecule has 116 valence electrons. The van der Waals surface area contributed by atoms with Gasteiger partial charge in [0, 0.05) is 32.6 Å². The Morgan fingerprint density at radius 1 is 1.48 bits per heavy atom. The van der Waals surface area contributed by atoms with Crippen molar-refractivity contribution in [2.45, 2.75) is 31.5 Å². The lowest BCUT2D eigenvalue weighted by molar-refractivity contribution is -0.130. The molecule has 1 aromatic carbocycles. The van der Waals surface area contributed by atoms with Crippen LogP contribution in [-0.2, 0) is 9.53 Å². The van der Waals surface area contributed by atoms with Gasteiger partial charge in [-0.25, -0.2) is 4.39 Å². The number of halogens is 1. The normalized spacial score (nSPS) is 18.8. The number of aliphatic hydroxyl groups is 1. The lowest BCUT2D eigenvalue weighted by Crippen LogP contribution is -2.49. The molecule has 1 amide bonds. The summed E-state index contributed by atoms with van der Waals surface area (Å²) in [4.78, 5) is 11.9. The number of nitrogens with one attached hydrogen (secondary N) is 1. The van der Waals surface area contributed by atoms with Crippen LogP contribution in [0.2, 0.25) is 0 Å². The van der Waals surface area contributed by atoms with Gasteiger partial charge < -0.3 is 19.9 Å². The first-order valence-electron chi connectivity index (χ1n) is 6.99. The van der Waals surface area contributed by atoms with E-state index in [1.165, 1.54) is 19.1 Å². The molecule has 1 fully saturated rings. The Labute approximate surface area is 123 Å². The van der Waals surface area contributed by atoms with Crippen LogP contribution in [0, 0.1) is 5.82 Å². The predicted octanol–water partition coefficient (Wildman–Crippen LogP) is 1.25. The van der Waals surface area contributed by atoms with Crippen molar-refractivity contribution in [2.24, 2.45) is 0 Å². The van der Waals surface area contributed by atoms with Crippen molar-refractivity contribution in [1.29, 1.82) is 0 Å². The van der Waals surface area contributed by atoms with Gasteiger partial charge in [-0.1, -0.05) is 12.1 Å². The molecule has 1 heterocycles. The number of amides is 1. The van der Waals surface area contributed by atoms with Gasteiger partial charge in [-0.2, -0.15) is 0 Å². The average molecular weight is 297 g/mol. The third-order valence-corrected chi connectivity index (χ3v) is 3.52. The van der Waals surface area contributed by atoms with Crippen molar-refractivity contribution < 1.29 is 23.8 Å². The van der Waals surface area contributed by atoms with Crippen LogP contribution in [0.5, 0.6) is 5.75 Å². The maximum Gasteiger partial charge on any atom is 0.260 e. The molecule has 2 N–H and O–H groups in total. The van der Waals surface area contributed by atoms with E-state index < -0.39 is 23.4 Å². The number of carbonyl (C=O) groups excluding carboxylic acids is 1. The maximum atomic E-state index is 13.4. The van der Waals surface area contributed by atoms with Gasteiger partial charge >= 0.3 is 0 Å². The third-order valence-electron chi connectivity index (χ3n) is 3.52. The zero-order valence-corrected chi connectivity index (χ0v) is 12.0. The van der Waals surface area contributed by atoms with Gasteiger partial charge in [0.25, 0.3) is 5.91 Å². The topological polar surface area (TPSA) is 67.8 Å². The first-order valence-corrected chi connectivity index (χ1v) is 6.99. The van der Waals surface area contributed by atoms with Crippen LogP contribution in [0.15, 0.2) is 24.3 Å². The Morgan fingerprint density at radius 2 is 2.14 bits per heavy atom. The van der Waals surface area contributed by atoms with Crippen molar-refractivity contribution in [2.75, 3.05) is 19.8 Å². The zero-order valence-electron chi connectivity index (χ0n) is 12.0. The first-order chi connectivity index (χ1) is 10.0. The van der Waals surface area contributed by atoms with Gasteiger partial charge in [-0.3, -0.25) is 4.79 Å². The number of ether oxygens (including phenoxy) is 2. The lowest BCUT2D eigenvalue weighted by atomic mass is 9.94. The maximum absolute atomic E-state index is 13.4. The molecular weight excluding hydrogens is 277 g/mol. The van der Waals surface area contributed by atoms with E-state index in [9.17, 15) is 14.3 Å². The molecule has 0 radical (unpaired) electrons. The number of benzene rings is 1. The highest BCUT2D eigenvalue weighted by atomic mass is 19.1. The lowest BCUT2D eigenvalue weighted by Gasteiger charge is -2.32. The molecule has 1 saturated heterocycles. The third kappa shape index (κ3) is 4.41. The molecule has 1 aliphatic heterocycles. The van der Waals surface area contributed by atoms with Crippen molar-refractivity contribution in [1.82, 2.24) is 5.32 Å². The molecule has 1 unspecified atom stereocenters. The molecule has 2 rings (SSSR count). The van der Waals surface area contributed by atoms with Crippen molar-refractivity contribution >= 4 is 5.91 Å². The van der Waals surface area contributed by atoms with Crippen molar-refractivity contribution in [3.05, 3.63) is 30.1 Å². The highest BCUT2D eigenvalue weighted by Gasteiger charge is 2.31. The van der Waals surface area contributed by atoms with Crippen LogP contribution in [0.25, 0.3) is 0 Å². The SMILES string of the molecule is CC(Oc1ccccc1F)C(=O)NCC1(O)CCOCC1. The fourth-order valence-electron chi connectivity index (χ4n) is 2.11. The van der Waals surface area contributed by atoms with Gasteiger partial charge in [0.05, 0.1) is 5.60 Å². The zero-order chi connectivity index (χ0) is 15.3. The van der Waals surface area contributed by atoms with E-state index in [-0.39, 0.29) is 12.3 Å². The van der Waals surface area contributed by atoms with E-state index in [4.69, 9.17) is 9.47 Å². The summed E-state index contributed by atoms with van der Waals surface area (Å²) in [5, 5.41) is 12.9. The fourth-order valence-corrected chi connectivity index (χ4v) is 2.11.